The Morgan fingerprint density at radius 1 is 1.43 bits per heavy atom. The molecule has 0 aromatic carbocycles. The Morgan fingerprint density at radius 3 is 2.43 bits per heavy atom. The van der Waals surface area contributed by atoms with Crippen molar-refractivity contribution in [3.05, 3.63) is 0 Å². The fraction of sp³-hybridized carbons (Fsp3) is 0.778. The van der Waals surface area contributed by atoms with Crippen LogP contribution < -0.4 is 5.32 Å². The van der Waals surface area contributed by atoms with Crippen LogP contribution in [0.15, 0.2) is 0 Å². The van der Waals surface area contributed by atoms with Crippen LogP contribution in [0.25, 0.3) is 0 Å². The molecule has 0 bridgehead atoms. The average molecular weight is 221 g/mol. The van der Waals surface area contributed by atoms with Crippen LogP contribution in [-0.4, -0.2) is 42.7 Å². The van der Waals surface area contributed by atoms with E-state index in [-0.39, 0.29) is 11.8 Å². The van der Waals surface area contributed by atoms with Crippen LogP contribution in [0.3, 0.4) is 0 Å². The van der Waals surface area contributed by atoms with Crippen LogP contribution in [0.5, 0.6) is 0 Å². The lowest BCUT2D eigenvalue weighted by Gasteiger charge is -2.17. The molecule has 0 aromatic rings. The third-order valence-electron chi connectivity index (χ3n) is 1.73. The molecule has 0 rings (SSSR count). The van der Waals surface area contributed by atoms with Crippen LogP contribution >= 0.6 is 11.6 Å². The second-order valence-corrected chi connectivity index (χ2v) is 3.69. The van der Waals surface area contributed by atoms with E-state index in [0.717, 1.165) is 0 Å². The van der Waals surface area contributed by atoms with Crippen molar-refractivity contribution in [1.29, 1.82) is 0 Å². The predicted octanol–water partition coefficient (Wildman–Crippen LogP) is 0.598. The van der Waals surface area contributed by atoms with Crippen LogP contribution in [0.4, 0.5) is 0 Å². The molecular weight excluding hydrogens is 204 g/mol. The van der Waals surface area contributed by atoms with Crippen molar-refractivity contribution in [3.8, 4) is 0 Å². The quantitative estimate of drug-likeness (QED) is 0.690. The normalized spacial score (nSPS) is 12.0. The zero-order valence-corrected chi connectivity index (χ0v) is 9.60. The van der Waals surface area contributed by atoms with Crippen LogP contribution in [0, 0.1) is 0 Å². The lowest BCUT2D eigenvalue weighted by molar-refractivity contribution is -0.133. The van der Waals surface area contributed by atoms with Gasteiger partial charge in [0.2, 0.25) is 11.8 Å². The summed E-state index contributed by atoms with van der Waals surface area (Å²) in [4.78, 5) is 24.0. The van der Waals surface area contributed by atoms with Gasteiger partial charge in [-0.3, -0.25) is 9.59 Å². The number of rotatable bonds is 5. The lowest BCUT2D eigenvalue weighted by Crippen LogP contribution is -2.44. The topological polar surface area (TPSA) is 49.4 Å². The monoisotopic (exact) mass is 220 g/mol. The predicted molar refractivity (Wildman–Crippen MR) is 56.3 cm³/mol. The molecule has 14 heavy (non-hydrogen) atoms. The highest BCUT2D eigenvalue weighted by atomic mass is 35.5. The highest BCUT2D eigenvalue weighted by molar-refractivity contribution is 6.17. The molecule has 0 saturated heterocycles. The summed E-state index contributed by atoms with van der Waals surface area (Å²) in [6.45, 7) is 1.67. The molecule has 0 aliphatic heterocycles. The van der Waals surface area contributed by atoms with Gasteiger partial charge in [0.05, 0.1) is 0 Å². The number of halogens is 1. The summed E-state index contributed by atoms with van der Waals surface area (Å²) >= 11 is 5.44. The SMILES string of the molecule is CC(NC(=O)CCCCl)C(=O)N(C)C. The van der Waals surface area contributed by atoms with Gasteiger partial charge in [-0.05, 0) is 13.3 Å². The molecule has 2 amide bonds. The molecule has 1 unspecified atom stereocenters. The number of nitrogens with zero attached hydrogens (tertiary/aromatic N) is 1. The molecule has 0 heterocycles. The number of hydrogen-bond acceptors (Lipinski definition) is 2. The van der Waals surface area contributed by atoms with E-state index in [1.54, 1.807) is 21.0 Å². The largest absolute Gasteiger partial charge is 0.347 e. The number of carbonyl (C=O) groups excluding carboxylic acids is 2. The first-order valence-corrected chi connectivity index (χ1v) is 5.09. The molecular formula is C9H17ClN2O2. The van der Waals surface area contributed by atoms with Crippen LogP contribution in [0.2, 0.25) is 0 Å². The molecule has 0 fully saturated rings. The van der Waals surface area contributed by atoms with Crippen molar-refractivity contribution >= 4 is 23.4 Å². The fourth-order valence-corrected chi connectivity index (χ4v) is 1.12. The maximum Gasteiger partial charge on any atom is 0.244 e. The first-order chi connectivity index (χ1) is 6.49. The molecule has 4 nitrogen and oxygen atoms in total. The number of amides is 2. The second-order valence-electron chi connectivity index (χ2n) is 3.31. The summed E-state index contributed by atoms with van der Waals surface area (Å²) in [6, 6.07) is -0.465. The van der Waals surface area contributed by atoms with Gasteiger partial charge in [-0.2, -0.15) is 0 Å². The summed E-state index contributed by atoms with van der Waals surface area (Å²) in [5, 5.41) is 2.61. The number of nitrogens with one attached hydrogen (secondary N) is 1. The summed E-state index contributed by atoms with van der Waals surface area (Å²) in [5.41, 5.74) is 0. The fourth-order valence-electron chi connectivity index (χ4n) is 0.990. The number of likely N-dealkylation sites (N-methyl/N-ethyl adjacent to an activating group) is 1. The summed E-state index contributed by atoms with van der Waals surface area (Å²) in [5.74, 6) is 0.223. The first kappa shape index (κ1) is 13.2. The van der Waals surface area contributed by atoms with Gasteiger partial charge in [0.15, 0.2) is 0 Å². The standard InChI is InChI=1S/C9H17ClN2O2/c1-7(9(14)12(2)3)11-8(13)5-4-6-10/h7H,4-6H2,1-3H3,(H,11,13). The van der Waals surface area contributed by atoms with E-state index in [0.29, 0.717) is 18.7 Å². The Hall–Kier alpha value is -0.770. The Bertz CT molecular complexity index is 207. The average Bonchev–Trinajstić information content (AvgIpc) is 2.13. The Labute approximate surface area is 89.6 Å². The number of alkyl halides is 1. The van der Waals surface area contributed by atoms with Gasteiger partial charge in [0.25, 0.3) is 0 Å². The lowest BCUT2D eigenvalue weighted by atomic mass is 10.2. The van der Waals surface area contributed by atoms with Gasteiger partial charge in [0.1, 0.15) is 6.04 Å². The zero-order chi connectivity index (χ0) is 11.1. The van der Waals surface area contributed by atoms with Gasteiger partial charge in [-0.15, -0.1) is 11.6 Å². The molecule has 0 saturated carbocycles. The van der Waals surface area contributed by atoms with Gasteiger partial charge in [-0.1, -0.05) is 0 Å². The van der Waals surface area contributed by atoms with Crippen molar-refractivity contribution in [3.63, 3.8) is 0 Å². The van der Waals surface area contributed by atoms with Crippen LogP contribution in [-0.2, 0) is 9.59 Å². The highest BCUT2D eigenvalue weighted by Crippen LogP contribution is 1.94. The van der Waals surface area contributed by atoms with Crippen molar-refractivity contribution in [2.24, 2.45) is 0 Å². The molecule has 1 N–H and O–H groups in total. The molecule has 82 valence electrons. The van der Waals surface area contributed by atoms with E-state index >= 15 is 0 Å². The third kappa shape index (κ3) is 5.07. The molecule has 0 aromatic heterocycles. The maximum absolute atomic E-state index is 11.3. The van der Waals surface area contributed by atoms with Crippen LogP contribution in [0.1, 0.15) is 19.8 Å². The van der Waals surface area contributed by atoms with Gasteiger partial charge >= 0.3 is 0 Å². The van der Waals surface area contributed by atoms with Crippen molar-refractivity contribution in [2.75, 3.05) is 20.0 Å². The highest BCUT2D eigenvalue weighted by Gasteiger charge is 2.16. The minimum Gasteiger partial charge on any atom is -0.347 e. The molecule has 1 atom stereocenters. The van der Waals surface area contributed by atoms with Crippen molar-refractivity contribution < 1.29 is 9.59 Å². The summed E-state index contributed by atoms with van der Waals surface area (Å²) in [7, 11) is 3.31. The minimum atomic E-state index is -0.465. The third-order valence-corrected chi connectivity index (χ3v) is 1.99. The minimum absolute atomic E-state index is 0.107. The Balaban J connectivity index is 3.87. The molecule has 5 heteroatoms. The van der Waals surface area contributed by atoms with Gasteiger partial charge in [-0.25, -0.2) is 0 Å². The zero-order valence-electron chi connectivity index (χ0n) is 8.84. The van der Waals surface area contributed by atoms with Crippen molar-refractivity contribution in [1.82, 2.24) is 10.2 Å². The van der Waals surface area contributed by atoms with E-state index in [9.17, 15) is 9.59 Å². The van der Waals surface area contributed by atoms with E-state index < -0.39 is 6.04 Å². The second kappa shape index (κ2) is 6.65. The van der Waals surface area contributed by atoms with E-state index in [1.165, 1.54) is 4.90 Å². The van der Waals surface area contributed by atoms with E-state index in [1.807, 2.05) is 0 Å². The van der Waals surface area contributed by atoms with E-state index in [4.69, 9.17) is 11.6 Å². The maximum atomic E-state index is 11.3. The first-order valence-electron chi connectivity index (χ1n) is 4.55. The Morgan fingerprint density at radius 2 is 2.00 bits per heavy atom. The molecule has 0 spiro atoms. The summed E-state index contributed by atoms with van der Waals surface area (Å²) < 4.78 is 0. The molecule has 0 aliphatic rings. The van der Waals surface area contributed by atoms with Gasteiger partial charge in [0, 0.05) is 26.4 Å². The van der Waals surface area contributed by atoms with Gasteiger partial charge < -0.3 is 10.2 Å². The van der Waals surface area contributed by atoms with Crippen molar-refractivity contribution in [2.45, 2.75) is 25.8 Å². The summed E-state index contributed by atoms with van der Waals surface area (Å²) in [6.07, 6.45) is 1.00. The number of hydrogen-bond donors (Lipinski definition) is 1. The number of carbonyl (C=O) groups is 2. The smallest absolute Gasteiger partial charge is 0.244 e. The molecule has 0 radical (unpaired) electrons. The molecule has 0 aliphatic carbocycles. The Kier molecular flexibility index (Phi) is 6.28. The van der Waals surface area contributed by atoms with E-state index in [2.05, 4.69) is 5.32 Å².